The van der Waals surface area contributed by atoms with Crippen LogP contribution in [0.15, 0.2) is 48.0 Å². The molecule has 2 aliphatic rings. The zero-order chi connectivity index (χ0) is 31.4. The summed E-state index contributed by atoms with van der Waals surface area (Å²) in [6, 6.07) is 9.22. The van der Waals surface area contributed by atoms with Crippen molar-refractivity contribution in [2.24, 2.45) is 0 Å². The smallest absolute Gasteiger partial charge is 0.293 e. The zero-order valence-electron chi connectivity index (χ0n) is 23.1. The Morgan fingerprint density at radius 3 is 2.52 bits per heavy atom. The third-order valence-corrected chi connectivity index (χ3v) is 8.90. The summed E-state index contributed by atoms with van der Waals surface area (Å²) >= 11 is 1.00. The van der Waals surface area contributed by atoms with Crippen LogP contribution in [0.25, 0.3) is 11.3 Å². The number of carbonyl (C=O) groups is 3. The first-order valence-corrected chi connectivity index (χ1v) is 14.5. The fourth-order valence-electron chi connectivity index (χ4n) is 6.14. The number of amides is 2. The number of nitrogens with one attached hydrogen (secondary N) is 2. The van der Waals surface area contributed by atoms with E-state index in [1.54, 1.807) is 25.1 Å². The molecule has 4 aromatic rings. The second-order valence-electron chi connectivity index (χ2n) is 10.9. The predicted molar refractivity (Wildman–Crippen MR) is 150 cm³/mol. The van der Waals surface area contributed by atoms with Gasteiger partial charge in [-0.25, -0.2) is 22.0 Å². The monoisotopic (exact) mass is 629 g/mol. The number of benzene rings is 2. The van der Waals surface area contributed by atoms with Crippen molar-refractivity contribution < 1.29 is 36.3 Å². The highest BCUT2D eigenvalue weighted by molar-refractivity contribution is 7.09. The van der Waals surface area contributed by atoms with Gasteiger partial charge in [0, 0.05) is 41.9 Å². The third kappa shape index (κ3) is 5.06. The van der Waals surface area contributed by atoms with Crippen LogP contribution in [0.3, 0.4) is 0 Å². The van der Waals surface area contributed by atoms with Crippen LogP contribution in [-0.2, 0) is 23.3 Å². The minimum atomic E-state index is -3.07. The van der Waals surface area contributed by atoms with Gasteiger partial charge in [0.05, 0.1) is 16.8 Å². The Balaban J connectivity index is 1.33. The highest BCUT2D eigenvalue weighted by Crippen LogP contribution is 2.52. The number of halogens is 5. The Hall–Kier alpha value is -4.46. The predicted octanol–water partition coefficient (Wildman–Crippen LogP) is 6.21. The van der Waals surface area contributed by atoms with Gasteiger partial charge < -0.3 is 15.2 Å². The van der Waals surface area contributed by atoms with Crippen LogP contribution in [0, 0.1) is 12.7 Å². The molecule has 0 saturated heterocycles. The van der Waals surface area contributed by atoms with Gasteiger partial charge in [-0.15, -0.1) is 21.5 Å². The molecule has 0 bridgehead atoms. The molecule has 1 fully saturated rings. The van der Waals surface area contributed by atoms with Crippen LogP contribution >= 0.6 is 11.3 Å². The maximum atomic E-state index is 14.0. The molecule has 6 rings (SSSR count). The van der Waals surface area contributed by atoms with E-state index in [0.29, 0.717) is 41.9 Å². The summed E-state index contributed by atoms with van der Waals surface area (Å²) in [5.41, 5.74) is 1.28. The number of aromatic nitrogens is 3. The summed E-state index contributed by atoms with van der Waals surface area (Å²) in [4.78, 5) is 40.3. The summed E-state index contributed by atoms with van der Waals surface area (Å²) in [6.07, 6.45) is -3.30. The highest BCUT2D eigenvalue weighted by atomic mass is 32.1. The Morgan fingerprint density at radius 2 is 1.84 bits per heavy atom. The average molecular weight is 630 g/mol. The molecule has 0 spiro atoms. The van der Waals surface area contributed by atoms with E-state index < -0.39 is 59.7 Å². The first kappa shape index (κ1) is 29.6. The molecule has 2 amide bonds. The number of rotatable bonds is 8. The van der Waals surface area contributed by atoms with Crippen LogP contribution < -0.4 is 10.6 Å². The van der Waals surface area contributed by atoms with E-state index >= 15 is 0 Å². The van der Waals surface area contributed by atoms with Crippen LogP contribution in [0.5, 0.6) is 0 Å². The van der Waals surface area contributed by atoms with Crippen molar-refractivity contribution in [3.8, 4) is 11.3 Å². The van der Waals surface area contributed by atoms with Crippen molar-refractivity contribution in [3.05, 3.63) is 86.7 Å². The lowest BCUT2D eigenvalue weighted by atomic mass is 9.73. The topological polar surface area (TPSA) is 106 Å². The summed E-state index contributed by atoms with van der Waals surface area (Å²) in [5.74, 6) is -6.76. The van der Waals surface area contributed by atoms with E-state index in [1.165, 1.54) is 17.6 Å². The standard InChI is InChI=1S/C30H24F5N5O3S/c1-15-22(26(42)37-16-8-9-20(31)19(11-16)25(32)33)21-7-4-10-40(21)23(15)17-5-2-3-6-18(17)24(41)27(43)38-29(12-30(34,35)13-29)28-39-36-14-44-28/h2-3,5-6,8-9,11,14,25H,4,7,10,12-13H2,1H3,(H,37,42)(H,38,43). The number of hydrogen-bond acceptors (Lipinski definition) is 6. The fourth-order valence-corrected chi connectivity index (χ4v) is 6.85. The second kappa shape index (κ2) is 10.9. The van der Waals surface area contributed by atoms with E-state index in [0.717, 1.165) is 23.5 Å². The highest BCUT2D eigenvalue weighted by Gasteiger charge is 2.60. The molecular formula is C30H24F5N5O3S. The zero-order valence-corrected chi connectivity index (χ0v) is 23.9. The van der Waals surface area contributed by atoms with Crippen molar-refractivity contribution >= 4 is 34.6 Å². The molecule has 1 saturated carbocycles. The maximum absolute atomic E-state index is 14.0. The molecular weight excluding hydrogens is 605 g/mol. The summed E-state index contributed by atoms with van der Waals surface area (Å²) in [5, 5.41) is 12.8. The van der Waals surface area contributed by atoms with E-state index in [9.17, 15) is 36.3 Å². The average Bonchev–Trinajstić information content (AvgIpc) is 3.71. The summed E-state index contributed by atoms with van der Waals surface area (Å²) < 4.78 is 70.1. The summed E-state index contributed by atoms with van der Waals surface area (Å²) in [7, 11) is 0. The molecule has 8 nitrogen and oxygen atoms in total. The lowest BCUT2D eigenvalue weighted by Crippen LogP contribution is -2.60. The number of ketones is 1. The lowest BCUT2D eigenvalue weighted by Gasteiger charge is -2.45. The molecule has 1 aliphatic heterocycles. The molecule has 228 valence electrons. The number of nitrogens with zero attached hydrogens (tertiary/aromatic N) is 3. The third-order valence-electron chi connectivity index (χ3n) is 8.00. The van der Waals surface area contributed by atoms with E-state index in [1.807, 2.05) is 4.57 Å². The maximum Gasteiger partial charge on any atom is 0.293 e. The molecule has 0 unspecified atom stereocenters. The number of carbonyl (C=O) groups excluding carboxylic acids is 3. The van der Waals surface area contributed by atoms with Crippen LogP contribution in [0.2, 0.25) is 0 Å². The Kier molecular flexibility index (Phi) is 7.34. The van der Waals surface area contributed by atoms with Crippen LogP contribution in [-0.4, -0.2) is 38.3 Å². The van der Waals surface area contributed by atoms with Crippen molar-refractivity contribution in [2.45, 2.75) is 57.0 Å². The van der Waals surface area contributed by atoms with Gasteiger partial charge in [-0.05, 0) is 43.5 Å². The van der Waals surface area contributed by atoms with E-state index in [2.05, 4.69) is 20.8 Å². The van der Waals surface area contributed by atoms with Crippen molar-refractivity contribution in [3.63, 3.8) is 0 Å². The van der Waals surface area contributed by atoms with Gasteiger partial charge in [0.25, 0.3) is 29.9 Å². The Labute approximate surface area is 251 Å². The van der Waals surface area contributed by atoms with Gasteiger partial charge in [0.15, 0.2) is 0 Å². The first-order valence-electron chi connectivity index (χ1n) is 13.6. The molecule has 2 aromatic carbocycles. The van der Waals surface area contributed by atoms with Crippen LogP contribution in [0.1, 0.15) is 68.2 Å². The SMILES string of the molecule is Cc1c(C(=O)Nc2ccc(F)c(C(F)F)c2)c2n(c1-c1ccccc1C(=O)C(=O)NC1(c3nncs3)CC(F)(F)C1)CCC2. The molecule has 1 aliphatic carbocycles. The van der Waals surface area contributed by atoms with E-state index in [-0.39, 0.29) is 21.8 Å². The normalized spacial score (nSPS) is 16.3. The van der Waals surface area contributed by atoms with Gasteiger partial charge in [-0.3, -0.25) is 14.4 Å². The number of anilines is 1. The minimum Gasteiger partial charge on any atom is -0.344 e. The van der Waals surface area contributed by atoms with Gasteiger partial charge in [-0.1, -0.05) is 24.3 Å². The molecule has 0 radical (unpaired) electrons. The van der Waals surface area contributed by atoms with Crippen molar-refractivity contribution in [1.29, 1.82) is 0 Å². The number of hydrogen-bond donors (Lipinski definition) is 2. The number of fused-ring (bicyclic) bond motifs is 1. The number of alkyl halides is 4. The fraction of sp³-hybridized carbons (Fsp3) is 0.300. The van der Waals surface area contributed by atoms with Crippen molar-refractivity contribution in [2.75, 3.05) is 5.32 Å². The molecule has 0 atom stereocenters. The summed E-state index contributed by atoms with van der Waals surface area (Å²) in [6.45, 7) is 2.18. The molecule has 2 aromatic heterocycles. The molecule has 2 N–H and O–H groups in total. The largest absolute Gasteiger partial charge is 0.344 e. The lowest BCUT2D eigenvalue weighted by molar-refractivity contribution is -0.147. The Morgan fingerprint density at radius 1 is 1.09 bits per heavy atom. The first-order chi connectivity index (χ1) is 20.9. The molecule has 3 heterocycles. The van der Waals surface area contributed by atoms with Gasteiger partial charge in [0.1, 0.15) is 21.9 Å². The van der Waals surface area contributed by atoms with Crippen molar-refractivity contribution in [1.82, 2.24) is 20.1 Å². The van der Waals surface area contributed by atoms with E-state index in [4.69, 9.17) is 0 Å². The second-order valence-corrected chi connectivity index (χ2v) is 11.7. The molecule has 44 heavy (non-hydrogen) atoms. The quantitative estimate of drug-likeness (QED) is 0.137. The number of Topliss-reactive ketones (excluding diaryl/α,β-unsaturated/α-hetero) is 1. The molecule has 14 heteroatoms. The van der Waals surface area contributed by atoms with Gasteiger partial charge >= 0.3 is 0 Å². The van der Waals surface area contributed by atoms with Crippen LogP contribution in [0.4, 0.5) is 27.6 Å². The minimum absolute atomic E-state index is 0.00543. The van der Waals surface area contributed by atoms with Gasteiger partial charge in [0.2, 0.25) is 0 Å². The Bertz CT molecular complexity index is 1800. The van der Waals surface area contributed by atoms with Gasteiger partial charge in [-0.2, -0.15) is 0 Å².